The molecule has 35 heavy (non-hydrogen) atoms. The highest BCUT2D eigenvalue weighted by atomic mass is 19.4. The number of carbonyl (C=O) groups is 1. The van der Waals surface area contributed by atoms with Crippen LogP contribution in [0.2, 0.25) is 0 Å². The maximum absolute atomic E-state index is 12.9. The second kappa shape index (κ2) is 9.18. The van der Waals surface area contributed by atoms with E-state index in [0.29, 0.717) is 16.7 Å². The minimum absolute atomic E-state index is 0.0741. The fraction of sp³-hybridized carbons (Fsp3) is 0.0909. The normalized spacial score (nSPS) is 13.5. The lowest BCUT2D eigenvalue weighted by Crippen LogP contribution is -2.80. The molecule has 0 aliphatic carbocycles. The first kappa shape index (κ1) is 23.9. The van der Waals surface area contributed by atoms with Crippen LogP contribution in [-0.4, -0.2) is 11.9 Å². The van der Waals surface area contributed by atoms with E-state index >= 15 is 0 Å². The summed E-state index contributed by atoms with van der Waals surface area (Å²) < 4.78 is 77.3. The average molecular weight is 493 g/mol. The maximum atomic E-state index is 12.9. The number of halogens is 6. The van der Waals surface area contributed by atoms with Crippen LogP contribution in [0, 0.1) is 0 Å². The molecule has 180 valence electrons. The summed E-state index contributed by atoms with van der Waals surface area (Å²) in [5.74, 6) is 0.271. The van der Waals surface area contributed by atoms with Crippen molar-refractivity contribution in [2.75, 3.05) is 10.6 Å². The highest BCUT2D eigenvalue weighted by Crippen LogP contribution is 2.33. The lowest BCUT2D eigenvalue weighted by Gasteiger charge is -2.13. The minimum Gasteiger partial charge on any atom is -0.308 e. The molecule has 0 saturated heterocycles. The summed E-state index contributed by atoms with van der Waals surface area (Å²) in [4.78, 5) is 12.5. The predicted octanol–water partition coefficient (Wildman–Crippen LogP) is 5.64. The lowest BCUT2D eigenvalue weighted by molar-refractivity contribution is -0.546. The van der Waals surface area contributed by atoms with Crippen LogP contribution in [0.1, 0.15) is 16.7 Å². The second-order valence-electron chi connectivity index (χ2n) is 7.31. The number of quaternary nitrogens is 1. The summed E-state index contributed by atoms with van der Waals surface area (Å²) in [5, 5.41) is 15.9. The van der Waals surface area contributed by atoms with Gasteiger partial charge in [-0.1, -0.05) is 29.4 Å². The largest absolute Gasteiger partial charge is 0.416 e. The lowest BCUT2D eigenvalue weighted by atomic mass is 10.00. The Kier molecular flexibility index (Phi) is 6.26. The molecule has 7 nitrogen and oxygen atoms in total. The van der Waals surface area contributed by atoms with E-state index in [1.54, 1.807) is 12.1 Å². The van der Waals surface area contributed by atoms with Crippen molar-refractivity contribution >= 4 is 23.2 Å². The van der Waals surface area contributed by atoms with Gasteiger partial charge in [0.15, 0.2) is 0 Å². The molecule has 4 N–H and O–H groups in total. The van der Waals surface area contributed by atoms with Crippen LogP contribution in [0.3, 0.4) is 0 Å². The summed E-state index contributed by atoms with van der Waals surface area (Å²) >= 11 is 0. The van der Waals surface area contributed by atoms with Crippen molar-refractivity contribution in [2.45, 2.75) is 12.4 Å². The molecule has 0 bridgehead atoms. The van der Waals surface area contributed by atoms with Gasteiger partial charge in [-0.3, -0.25) is 0 Å². The summed E-state index contributed by atoms with van der Waals surface area (Å²) in [5.41, 5.74) is 1.12. The third kappa shape index (κ3) is 5.63. The van der Waals surface area contributed by atoms with Gasteiger partial charge in [-0.2, -0.15) is 26.3 Å². The van der Waals surface area contributed by atoms with E-state index in [0.717, 1.165) is 30.3 Å². The van der Waals surface area contributed by atoms with Crippen LogP contribution in [-0.2, 0) is 12.4 Å². The number of amidine groups is 1. The Balaban J connectivity index is 1.59. The Bertz CT molecular complexity index is 1320. The molecule has 1 aliphatic heterocycles. The minimum atomic E-state index is -4.57. The second-order valence-corrected chi connectivity index (χ2v) is 7.31. The number of anilines is 2. The van der Waals surface area contributed by atoms with Gasteiger partial charge in [0, 0.05) is 10.9 Å². The highest BCUT2D eigenvalue weighted by Gasteiger charge is 2.31. The van der Waals surface area contributed by atoms with E-state index in [1.165, 1.54) is 29.7 Å². The molecule has 0 atom stereocenters. The molecular formula is C22H15F6N6O+. The number of amides is 2. The zero-order valence-electron chi connectivity index (χ0n) is 17.4. The van der Waals surface area contributed by atoms with Crippen molar-refractivity contribution in [1.82, 2.24) is 0 Å². The van der Waals surface area contributed by atoms with Gasteiger partial charge in [-0.25, -0.2) is 4.79 Å². The number of nitrogens with two attached hydrogens (primary N) is 1. The molecule has 1 aliphatic rings. The third-order valence-electron chi connectivity index (χ3n) is 4.92. The van der Waals surface area contributed by atoms with Crippen LogP contribution >= 0.6 is 0 Å². The van der Waals surface area contributed by atoms with Crippen molar-refractivity contribution in [3.8, 4) is 11.1 Å². The first-order chi connectivity index (χ1) is 16.5. The SMILES string of the molecule is O=C(Nc1cccc(C(F)(F)F)c1)Nc1ccc(-c2ccc(C(F)(F)F)cc2)cc1C1=NN=N[NH2+]1. The van der Waals surface area contributed by atoms with Gasteiger partial charge >= 0.3 is 18.4 Å². The van der Waals surface area contributed by atoms with Gasteiger partial charge in [0.1, 0.15) is 0 Å². The molecule has 0 fully saturated rings. The first-order valence-electron chi connectivity index (χ1n) is 9.89. The first-order valence-corrected chi connectivity index (χ1v) is 9.89. The molecule has 0 radical (unpaired) electrons. The fourth-order valence-corrected chi connectivity index (χ4v) is 3.26. The number of urea groups is 1. The van der Waals surface area contributed by atoms with Crippen LogP contribution < -0.4 is 16.1 Å². The standard InChI is InChI=1S/C22H14F6N6O/c23-21(24,25)14-7-4-12(5-8-14)13-6-9-18(17(10-13)19-31-33-34-32-19)30-20(35)29-16-3-1-2-15(11-16)22(26,27)28/h1-11H,(H2,29,30,35)(H,31,32,33,34)/p+1. The summed E-state index contributed by atoms with van der Waals surface area (Å²) in [7, 11) is 0. The molecule has 4 rings (SSSR count). The van der Waals surface area contributed by atoms with E-state index < -0.39 is 29.5 Å². The molecule has 0 saturated carbocycles. The van der Waals surface area contributed by atoms with Crippen molar-refractivity contribution in [2.24, 2.45) is 15.5 Å². The van der Waals surface area contributed by atoms with Crippen molar-refractivity contribution in [3.05, 3.63) is 83.4 Å². The number of carbonyl (C=O) groups excluding carboxylic acids is 1. The Labute approximate surface area is 193 Å². The number of hydrogen-bond donors (Lipinski definition) is 3. The fourth-order valence-electron chi connectivity index (χ4n) is 3.26. The van der Waals surface area contributed by atoms with Gasteiger partial charge in [0.2, 0.25) is 0 Å². The van der Waals surface area contributed by atoms with Crippen molar-refractivity contribution < 1.29 is 36.6 Å². The Hall–Kier alpha value is -4.26. The van der Waals surface area contributed by atoms with Gasteiger partial charge in [-0.05, 0) is 53.6 Å². The molecule has 0 aromatic heterocycles. The smallest absolute Gasteiger partial charge is 0.308 e. The number of benzene rings is 3. The highest BCUT2D eigenvalue weighted by molar-refractivity contribution is 6.06. The van der Waals surface area contributed by atoms with Crippen LogP contribution in [0.4, 0.5) is 42.5 Å². The van der Waals surface area contributed by atoms with Crippen LogP contribution in [0.15, 0.2) is 82.3 Å². The van der Waals surface area contributed by atoms with Crippen molar-refractivity contribution in [1.29, 1.82) is 0 Å². The Morgan fingerprint density at radius 1 is 0.771 bits per heavy atom. The number of alkyl halides is 6. The number of nitrogens with zero attached hydrogens (tertiary/aromatic N) is 3. The summed E-state index contributed by atoms with van der Waals surface area (Å²) in [6, 6.07) is 12.5. The Morgan fingerprint density at radius 3 is 2.09 bits per heavy atom. The summed E-state index contributed by atoms with van der Waals surface area (Å²) in [6.45, 7) is 0. The van der Waals surface area contributed by atoms with E-state index in [1.807, 2.05) is 0 Å². The molecule has 0 unspecified atom stereocenters. The third-order valence-corrected chi connectivity index (χ3v) is 4.92. The molecule has 3 aromatic carbocycles. The zero-order chi connectivity index (χ0) is 25.2. The van der Waals surface area contributed by atoms with Gasteiger partial charge in [0.25, 0.3) is 5.84 Å². The van der Waals surface area contributed by atoms with Gasteiger partial charge in [-0.15, -0.1) is 5.43 Å². The summed E-state index contributed by atoms with van der Waals surface area (Å²) in [6.07, 6.45) is -9.04. The average Bonchev–Trinajstić information content (AvgIpc) is 3.33. The maximum Gasteiger partial charge on any atom is 0.416 e. The van der Waals surface area contributed by atoms with Gasteiger partial charge < -0.3 is 10.6 Å². The molecular weight excluding hydrogens is 478 g/mol. The van der Waals surface area contributed by atoms with Crippen LogP contribution in [0.25, 0.3) is 11.1 Å². The monoisotopic (exact) mass is 493 g/mol. The van der Waals surface area contributed by atoms with E-state index in [4.69, 9.17) is 0 Å². The predicted molar refractivity (Wildman–Crippen MR) is 114 cm³/mol. The molecule has 13 heteroatoms. The zero-order valence-corrected chi connectivity index (χ0v) is 17.4. The van der Waals surface area contributed by atoms with Crippen molar-refractivity contribution in [3.63, 3.8) is 0 Å². The molecule has 0 spiro atoms. The van der Waals surface area contributed by atoms with E-state index in [9.17, 15) is 31.1 Å². The number of rotatable bonds is 4. The molecule has 3 aromatic rings. The van der Waals surface area contributed by atoms with E-state index in [-0.39, 0.29) is 17.2 Å². The molecule has 2 amide bonds. The van der Waals surface area contributed by atoms with Crippen LogP contribution in [0.5, 0.6) is 0 Å². The van der Waals surface area contributed by atoms with E-state index in [2.05, 4.69) is 26.2 Å². The molecule has 1 heterocycles. The topological polar surface area (TPSA) is 94.8 Å². The quantitative estimate of drug-likeness (QED) is 0.318. The number of hydrogen-bond acceptors (Lipinski definition) is 4. The Morgan fingerprint density at radius 2 is 1.46 bits per heavy atom. The number of nitrogens with one attached hydrogen (secondary N) is 2. The van der Waals surface area contributed by atoms with Gasteiger partial charge in [0.05, 0.1) is 27.6 Å².